The molecule has 1 amide bonds. The molecule has 6 heteroatoms. The predicted molar refractivity (Wildman–Crippen MR) is 113 cm³/mol. The Balaban J connectivity index is 1.60. The van der Waals surface area contributed by atoms with Crippen molar-refractivity contribution in [1.29, 1.82) is 0 Å². The molecule has 0 radical (unpaired) electrons. The standard InChI is InChI=1S/C23H23NO4S/c1-28-21-12-10-18(11-13-21)14-15-24-23(25)20-7-5-6-19(16-20)17-29(26,27)22-8-3-2-4-9-22/h2-13,16H,14-15,17H2,1H3,(H,24,25). The Hall–Kier alpha value is -3.12. The molecular formula is C23H23NO4S. The van der Waals surface area contributed by atoms with E-state index >= 15 is 0 Å². The maximum atomic E-state index is 12.5. The summed E-state index contributed by atoms with van der Waals surface area (Å²) in [5.74, 6) is 0.418. The minimum absolute atomic E-state index is 0.149. The lowest BCUT2D eigenvalue weighted by Crippen LogP contribution is -2.25. The van der Waals surface area contributed by atoms with Gasteiger partial charge in [0.1, 0.15) is 5.75 Å². The molecule has 1 N–H and O–H groups in total. The molecule has 0 saturated heterocycles. The largest absolute Gasteiger partial charge is 0.497 e. The second kappa shape index (κ2) is 9.39. The van der Waals surface area contributed by atoms with Crippen molar-refractivity contribution in [3.63, 3.8) is 0 Å². The van der Waals surface area contributed by atoms with Crippen LogP contribution >= 0.6 is 0 Å². The number of hydrogen-bond donors (Lipinski definition) is 1. The Kier molecular flexibility index (Phi) is 6.67. The smallest absolute Gasteiger partial charge is 0.251 e. The van der Waals surface area contributed by atoms with E-state index in [0.717, 1.165) is 11.3 Å². The molecule has 5 nitrogen and oxygen atoms in total. The number of nitrogens with one attached hydrogen (secondary N) is 1. The lowest BCUT2D eigenvalue weighted by molar-refractivity contribution is 0.0954. The van der Waals surface area contributed by atoms with Crippen molar-refractivity contribution in [3.05, 3.63) is 95.6 Å². The molecule has 0 heterocycles. The fourth-order valence-corrected chi connectivity index (χ4v) is 4.30. The van der Waals surface area contributed by atoms with Gasteiger partial charge in [0.2, 0.25) is 0 Å². The normalized spacial score (nSPS) is 11.1. The van der Waals surface area contributed by atoms with Gasteiger partial charge in [-0.3, -0.25) is 4.79 Å². The molecule has 29 heavy (non-hydrogen) atoms. The van der Waals surface area contributed by atoms with Gasteiger partial charge in [0.15, 0.2) is 9.84 Å². The summed E-state index contributed by atoms with van der Waals surface area (Å²) in [6.07, 6.45) is 0.692. The van der Waals surface area contributed by atoms with Crippen molar-refractivity contribution in [2.45, 2.75) is 17.1 Å². The number of methoxy groups -OCH3 is 1. The van der Waals surface area contributed by atoms with Crippen molar-refractivity contribution in [2.24, 2.45) is 0 Å². The molecule has 3 rings (SSSR count). The maximum Gasteiger partial charge on any atom is 0.251 e. The quantitative estimate of drug-likeness (QED) is 0.617. The maximum absolute atomic E-state index is 12.5. The first-order valence-electron chi connectivity index (χ1n) is 9.26. The zero-order valence-corrected chi connectivity index (χ0v) is 17.0. The third kappa shape index (κ3) is 5.68. The Labute approximate surface area is 171 Å². The minimum atomic E-state index is -3.46. The lowest BCUT2D eigenvalue weighted by Gasteiger charge is -2.09. The van der Waals surface area contributed by atoms with Crippen LogP contribution in [0.3, 0.4) is 0 Å². The first-order chi connectivity index (χ1) is 14.0. The van der Waals surface area contributed by atoms with Gasteiger partial charge in [0.05, 0.1) is 17.8 Å². The van der Waals surface area contributed by atoms with Crippen molar-refractivity contribution in [1.82, 2.24) is 5.32 Å². The molecule has 0 fully saturated rings. The van der Waals surface area contributed by atoms with Crippen LogP contribution < -0.4 is 10.1 Å². The Bertz CT molecular complexity index is 1060. The van der Waals surface area contributed by atoms with E-state index < -0.39 is 9.84 Å². The number of carbonyl (C=O) groups excluding carboxylic acids is 1. The minimum Gasteiger partial charge on any atom is -0.497 e. The van der Waals surface area contributed by atoms with Crippen molar-refractivity contribution in [2.75, 3.05) is 13.7 Å². The van der Waals surface area contributed by atoms with Crippen molar-refractivity contribution >= 4 is 15.7 Å². The molecule has 0 aliphatic rings. The van der Waals surface area contributed by atoms with E-state index in [4.69, 9.17) is 4.74 Å². The highest BCUT2D eigenvalue weighted by atomic mass is 32.2. The third-order valence-corrected chi connectivity index (χ3v) is 6.21. The third-order valence-electron chi connectivity index (χ3n) is 4.51. The molecule has 0 spiro atoms. The van der Waals surface area contributed by atoms with E-state index in [0.29, 0.717) is 24.1 Å². The van der Waals surface area contributed by atoms with E-state index in [9.17, 15) is 13.2 Å². The van der Waals surface area contributed by atoms with Gasteiger partial charge in [-0.05, 0) is 53.9 Å². The lowest BCUT2D eigenvalue weighted by atomic mass is 10.1. The van der Waals surface area contributed by atoms with E-state index in [1.54, 1.807) is 61.7 Å². The zero-order chi connectivity index (χ0) is 20.7. The van der Waals surface area contributed by atoms with Crippen LogP contribution in [0.2, 0.25) is 0 Å². The highest BCUT2D eigenvalue weighted by Gasteiger charge is 2.16. The molecule has 0 bridgehead atoms. The number of benzene rings is 3. The summed E-state index contributed by atoms with van der Waals surface area (Å²) in [6, 6.07) is 22.7. The summed E-state index contributed by atoms with van der Waals surface area (Å²) >= 11 is 0. The van der Waals surface area contributed by atoms with Gasteiger partial charge in [-0.25, -0.2) is 8.42 Å². The van der Waals surface area contributed by atoms with Gasteiger partial charge >= 0.3 is 0 Å². The average molecular weight is 410 g/mol. The second-order valence-electron chi connectivity index (χ2n) is 6.63. The molecule has 0 aromatic heterocycles. The highest BCUT2D eigenvalue weighted by Crippen LogP contribution is 2.17. The number of rotatable bonds is 8. The van der Waals surface area contributed by atoms with Crippen molar-refractivity contribution < 1.29 is 17.9 Å². The molecule has 3 aromatic carbocycles. The second-order valence-corrected chi connectivity index (χ2v) is 8.62. The number of hydrogen-bond acceptors (Lipinski definition) is 4. The average Bonchev–Trinajstić information content (AvgIpc) is 2.74. The van der Waals surface area contributed by atoms with Crippen LogP contribution in [0.1, 0.15) is 21.5 Å². The molecular weight excluding hydrogens is 386 g/mol. The first-order valence-corrected chi connectivity index (χ1v) is 10.9. The number of carbonyl (C=O) groups is 1. The fraction of sp³-hybridized carbons (Fsp3) is 0.174. The molecule has 0 unspecified atom stereocenters. The fourth-order valence-electron chi connectivity index (χ4n) is 2.95. The predicted octanol–water partition coefficient (Wildman–Crippen LogP) is 3.64. The molecule has 3 aromatic rings. The summed E-state index contributed by atoms with van der Waals surface area (Å²) in [5.41, 5.74) is 2.12. The van der Waals surface area contributed by atoms with E-state index in [1.165, 1.54) is 0 Å². The van der Waals surface area contributed by atoms with Crippen LogP contribution in [0.25, 0.3) is 0 Å². The van der Waals surface area contributed by atoms with Crippen molar-refractivity contribution in [3.8, 4) is 5.75 Å². The monoisotopic (exact) mass is 409 g/mol. The topological polar surface area (TPSA) is 72.5 Å². The van der Waals surface area contributed by atoms with E-state index in [1.807, 2.05) is 24.3 Å². The van der Waals surface area contributed by atoms with Crippen LogP contribution in [0, 0.1) is 0 Å². The molecule has 0 aliphatic carbocycles. The van der Waals surface area contributed by atoms with Gasteiger partial charge in [-0.15, -0.1) is 0 Å². The first kappa shape index (κ1) is 20.6. The Morgan fingerprint density at radius 1 is 0.897 bits per heavy atom. The summed E-state index contributed by atoms with van der Waals surface area (Å²) in [7, 11) is -1.84. The van der Waals surface area contributed by atoms with Crippen LogP contribution in [0.4, 0.5) is 0 Å². The zero-order valence-electron chi connectivity index (χ0n) is 16.2. The van der Waals surface area contributed by atoms with Gasteiger partial charge in [0.25, 0.3) is 5.91 Å². The summed E-state index contributed by atoms with van der Waals surface area (Å²) in [5, 5.41) is 2.88. The highest BCUT2D eigenvalue weighted by molar-refractivity contribution is 7.90. The molecule has 0 aliphatic heterocycles. The van der Waals surface area contributed by atoms with E-state index in [-0.39, 0.29) is 16.6 Å². The van der Waals surface area contributed by atoms with Crippen LogP contribution in [0.5, 0.6) is 5.75 Å². The summed E-state index contributed by atoms with van der Waals surface area (Å²) < 4.78 is 30.2. The van der Waals surface area contributed by atoms with Gasteiger partial charge in [-0.2, -0.15) is 0 Å². The van der Waals surface area contributed by atoms with Crippen LogP contribution in [-0.2, 0) is 22.0 Å². The Morgan fingerprint density at radius 3 is 2.31 bits per heavy atom. The molecule has 0 atom stereocenters. The SMILES string of the molecule is COc1ccc(CCNC(=O)c2cccc(CS(=O)(=O)c3ccccc3)c2)cc1. The number of sulfone groups is 1. The van der Waals surface area contributed by atoms with Crippen LogP contribution in [-0.4, -0.2) is 28.0 Å². The van der Waals surface area contributed by atoms with E-state index in [2.05, 4.69) is 5.32 Å². The van der Waals surface area contributed by atoms with Gasteiger partial charge in [0, 0.05) is 12.1 Å². The van der Waals surface area contributed by atoms with Gasteiger partial charge < -0.3 is 10.1 Å². The molecule has 0 saturated carbocycles. The van der Waals surface area contributed by atoms with Gasteiger partial charge in [-0.1, -0.05) is 42.5 Å². The molecule has 150 valence electrons. The van der Waals surface area contributed by atoms with Crippen LogP contribution in [0.15, 0.2) is 83.8 Å². The number of amides is 1. The summed E-state index contributed by atoms with van der Waals surface area (Å²) in [4.78, 5) is 12.7. The summed E-state index contributed by atoms with van der Waals surface area (Å²) in [6.45, 7) is 0.484. The Morgan fingerprint density at radius 2 is 1.62 bits per heavy atom. The number of ether oxygens (including phenoxy) is 1.